The average Bonchev–Trinajstić information content (AvgIpc) is 2.54. The molecule has 3 atom stereocenters. The maximum atomic E-state index is 12.4. The number of aliphatic hydroxyl groups is 2. The van der Waals surface area contributed by atoms with Gasteiger partial charge in [0.25, 0.3) is 0 Å². The largest absolute Gasteiger partial charge is 0.392 e. The molecule has 1 aliphatic carbocycles. The zero-order valence-corrected chi connectivity index (χ0v) is 13.4. The lowest BCUT2D eigenvalue weighted by Crippen LogP contribution is -2.42. The molecule has 0 spiro atoms. The van der Waals surface area contributed by atoms with Crippen LogP contribution >= 0.6 is 0 Å². The van der Waals surface area contributed by atoms with Crippen molar-refractivity contribution in [1.29, 1.82) is 0 Å². The number of allylic oxidation sites excluding steroid dienone is 2. The normalized spacial score (nSPS) is 24.1. The Morgan fingerprint density at radius 1 is 1.35 bits per heavy atom. The molecule has 4 heteroatoms. The fourth-order valence-corrected chi connectivity index (χ4v) is 2.79. The van der Waals surface area contributed by atoms with Crippen LogP contribution in [0.2, 0.25) is 0 Å². The Morgan fingerprint density at radius 3 is 2.20 bits per heavy atom. The molecule has 1 aliphatic rings. The summed E-state index contributed by atoms with van der Waals surface area (Å²) in [5.41, 5.74) is 1.39. The minimum atomic E-state index is -0.575. The second kappa shape index (κ2) is 6.72. The number of hydrogen-bond acceptors (Lipinski definition) is 3. The summed E-state index contributed by atoms with van der Waals surface area (Å²) in [6, 6.07) is 0. The van der Waals surface area contributed by atoms with E-state index in [0.29, 0.717) is 12.3 Å². The third-order valence-corrected chi connectivity index (χ3v) is 4.49. The molecule has 2 unspecified atom stereocenters. The smallest absolute Gasteiger partial charge is 0.223 e. The zero-order valence-electron chi connectivity index (χ0n) is 13.4. The van der Waals surface area contributed by atoms with E-state index in [1.807, 2.05) is 0 Å². The molecule has 0 aromatic carbocycles. The summed E-state index contributed by atoms with van der Waals surface area (Å²) in [6.45, 7) is 10.4. The first-order valence-electron chi connectivity index (χ1n) is 7.45. The standard InChI is InChI=1S/C16H29NO3/c1-11-6-7-14(16(11,4)5)8-15(20)17(9-12(2)18)10-13(3)19/h6,12-14,18-19H,7-10H2,1-5H3/t12?,13?,14-/m1/s1. The Morgan fingerprint density at radius 2 is 1.85 bits per heavy atom. The lowest BCUT2D eigenvalue weighted by Gasteiger charge is -2.32. The van der Waals surface area contributed by atoms with Crippen molar-refractivity contribution in [3.05, 3.63) is 11.6 Å². The maximum Gasteiger partial charge on any atom is 0.223 e. The molecule has 1 amide bonds. The van der Waals surface area contributed by atoms with Crippen LogP contribution in [0.25, 0.3) is 0 Å². The van der Waals surface area contributed by atoms with Crippen LogP contribution in [0.15, 0.2) is 11.6 Å². The summed E-state index contributed by atoms with van der Waals surface area (Å²) < 4.78 is 0. The average molecular weight is 283 g/mol. The van der Waals surface area contributed by atoms with Crippen LogP contribution in [0, 0.1) is 11.3 Å². The molecule has 0 radical (unpaired) electrons. The van der Waals surface area contributed by atoms with Gasteiger partial charge in [0.05, 0.1) is 12.2 Å². The maximum absolute atomic E-state index is 12.4. The molecule has 0 aromatic rings. The summed E-state index contributed by atoms with van der Waals surface area (Å²) in [4.78, 5) is 14.0. The van der Waals surface area contributed by atoms with Crippen molar-refractivity contribution in [2.75, 3.05) is 13.1 Å². The van der Waals surface area contributed by atoms with E-state index >= 15 is 0 Å². The Hall–Kier alpha value is -0.870. The van der Waals surface area contributed by atoms with Gasteiger partial charge in [-0.3, -0.25) is 4.79 Å². The van der Waals surface area contributed by atoms with Crippen LogP contribution in [0.1, 0.15) is 47.5 Å². The minimum Gasteiger partial charge on any atom is -0.392 e. The number of hydrogen-bond donors (Lipinski definition) is 2. The summed E-state index contributed by atoms with van der Waals surface area (Å²) in [7, 11) is 0. The van der Waals surface area contributed by atoms with Crippen LogP contribution in [0.4, 0.5) is 0 Å². The molecule has 0 saturated carbocycles. The van der Waals surface area contributed by atoms with Gasteiger partial charge in [-0.05, 0) is 38.5 Å². The van der Waals surface area contributed by atoms with E-state index in [4.69, 9.17) is 0 Å². The highest BCUT2D eigenvalue weighted by atomic mass is 16.3. The Balaban J connectivity index is 2.67. The molecule has 0 aliphatic heterocycles. The van der Waals surface area contributed by atoms with E-state index in [2.05, 4.69) is 26.8 Å². The second-order valence-corrected chi connectivity index (χ2v) is 6.74. The van der Waals surface area contributed by atoms with Crippen molar-refractivity contribution in [2.45, 2.75) is 59.7 Å². The van der Waals surface area contributed by atoms with Gasteiger partial charge in [-0.1, -0.05) is 25.5 Å². The predicted octanol–water partition coefficient (Wildman–Crippen LogP) is 1.96. The third-order valence-electron chi connectivity index (χ3n) is 4.49. The molecule has 0 aromatic heterocycles. The van der Waals surface area contributed by atoms with Crippen molar-refractivity contribution >= 4 is 5.91 Å². The highest BCUT2D eigenvalue weighted by Gasteiger charge is 2.37. The van der Waals surface area contributed by atoms with E-state index in [1.54, 1.807) is 18.7 Å². The van der Waals surface area contributed by atoms with Crippen LogP contribution in [0.3, 0.4) is 0 Å². The number of amides is 1. The highest BCUT2D eigenvalue weighted by Crippen LogP contribution is 2.44. The van der Waals surface area contributed by atoms with Crippen LogP contribution in [-0.2, 0) is 4.79 Å². The van der Waals surface area contributed by atoms with Gasteiger partial charge in [0, 0.05) is 19.5 Å². The molecular weight excluding hydrogens is 254 g/mol. The van der Waals surface area contributed by atoms with Crippen molar-refractivity contribution in [3.63, 3.8) is 0 Å². The highest BCUT2D eigenvalue weighted by molar-refractivity contribution is 5.76. The van der Waals surface area contributed by atoms with Crippen molar-refractivity contribution in [3.8, 4) is 0 Å². The van der Waals surface area contributed by atoms with E-state index in [9.17, 15) is 15.0 Å². The number of carbonyl (C=O) groups is 1. The number of rotatable bonds is 6. The molecule has 20 heavy (non-hydrogen) atoms. The third kappa shape index (κ3) is 4.32. The van der Waals surface area contributed by atoms with Crippen molar-refractivity contribution < 1.29 is 15.0 Å². The first kappa shape index (κ1) is 17.2. The Kier molecular flexibility index (Phi) is 5.78. The molecule has 4 nitrogen and oxygen atoms in total. The summed E-state index contributed by atoms with van der Waals surface area (Å²) in [5.74, 6) is 0.327. The van der Waals surface area contributed by atoms with Crippen LogP contribution in [-0.4, -0.2) is 46.3 Å². The van der Waals surface area contributed by atoms with Crippen LogP contribution in [0.5, 0.6) is 0 Å². The summed E-state index contributed by atoms with van der Waals surface area (Å²) >= 11 is 0. The first-order chi connectivity index (χ1) is 9.14. The number of aliphatic hydroxyl groups excluding tert-OH is 2. The minimum absolute atomic E-state index is 0.0213. The van der Waals surface area contributed by atoms with Gasteiger partial charge in [-0.15, -0.1) is 0 Å². The number of carbonyl (C=O) groups excluding carboxylic acids is 1. The Labute approximate surface area is 122 Å². The molecular formula is C16H29NO3. The molecule has 1 rings (SSSR count). The van der Waals surface area contributed by atoms with E-state index in [-0.39, 0.29) is 24.4 Å². The zero-order chi connectivity index (χ0) is 15.5. The van der Waals surface area contributed by atoms with Gasteiger partial charge in [-0.2, -0.15) is 0 Å². The SMILES string of the molecule is CC1=CC[C@H](CC(=O)N(CC(C)O)CC(C)O)C1(C)C. The van der Waals surface area contributed by atoms with Crippen LogP contribution < -0.4 is 0 Å². The van der Waals surface area contributed by atoms with Crippen molar-refractivity contribution in [2.24, 2.45) is 11.3 Å². The molecule has 0 fully saturated rings. The number of nitrogens with zero attached hydrogens (tertiary/aromatic N) is 1. The predicted molar refractivity (Wildman–Crippen MR) is 80.2 cm³/mol. The summed E-state index contributed by atoms with van der Waals surface area (Å²) in [6.07, 6.45) is 2.47. The fourth-order valence-electron chi connectivity index (χ4n) is 2.79. The van der Waals surface area contributed by atoms with Gasteiger partial charge in [-0.25, -0.2) is 0 Å². The van der Waals surface area contributed by atoms with E-state index in [0.717, 1.165) is 6.42 Å². The molecule has 0 saturated heterocycles. The Bertz CT molecular complexity index is 362. The van der Waals surface area contributed by atoms with Gasteiger partial charge in [0.1, 0.15) is 0 Å². The molecule has 0 bridgehead atoms. The molecule has 0 heterocycles. The van der Waals surface area contributed by atoms with E-state index in [1.165, 1.54) is 5.57 Å². The van der Waals surface area contributed by atoms with Gasteiger partial charge in [0.2, 0.25) is 5.91 Å². The lowest BCUT2D eigenvalue weighted by atomic mass is 9.76. The van der Waals surface area contributed by atoms with Crippen molar-refractivity contribution in [1.82, 2.24) is 4.90 Å². The lowest BCUT2D eigenvalue weighted by molar-refractivity contribution is -0.135. The quantitative estimate of drug-likeness (QED) is 0.733. The molecule has 2 N–H and O–H groups in total. The van der Waals surface area contributed by atoms with Gasteiger partial charge < -0.3 is 15.1 Å². The molecule has 116 valence electrons. The second-order valence-electron chi connectivity index (χ2n) is 6.74. The summed E-state index contributed by atoms with van der Waals surface area (Å²) in [5, 5.41) is 19.0. The van der Waals surface area contributed by atoms with E-state index < -0.39 is 12.2 Å². The van der Waals surface area contributed by atoms with Gasteiger partial charge >= 0.3 is 0 Å². The topological polar surface area (TPSA) is 60.8 Å². The monoisotopic (exact) mass is 283 g/mol. The first-order valence-corrected chi connectivity index (χ1v) is 7.45. The fraction of sp³-hybridized carbons (Fsp3) is 0.812. The van der Waals surface area contributed by atoms with Gasteiger partial charge in [0.15, 0.2) is 0 Å².